The summed E-state index contributed by atoms with van der Waals surface area (Å²) in [6, 6.07) is 5.31. The topological polar surface area (TPSA) is 61.7 Å². The molecule has 0 radical (unpaired) electrons. The highest BCUT2D eigenvalue weighted by atomic mass is 16.5. The first kappa shape index (κ1) is 12.8. The maximum absolute atomic E-state index is 9.50. The Morgan fingerprint density at radius 3 is 2.81 bits per heavy atom. The Kier molecular flexibility index (Phi) is 5.08. The average Bonchev–Trinajstić information content (AvgIpc) is 2.30. The van der Waals surface area contributed by atoms with Crippen molar-refractivity contribution in [3.63, 3.8) is 0 Å². The van der Waals surface area contributed by atoms with Crippen LogP contribution in [-0.2, 0) is 6.54 Å². The Morgan fingerprint density at radius 1 is 1.44 bits per heavy atom. The Balaban J connectivity index is 2.63. The van der Waals surface area contributed by atoms with E-state index < -0.39 is 0 Å². The number of phenolic OH excluding ortho intramolecular Hbond substituents is 1. The van der Waals surface area contributed by atoms with E-state index in [1.165, 1.54) is 0 Å². The molecule has 4 nitrogen and oxygen atoms in total. The maximum Gasteiger partial charge on any atom is 0.161 e. The van der Waals surface area contributed by atoms with Crippen LogP contribution in [0.3, 0.4) is 0 Å². The normalized spacial score (nSPS) is 12.4. The maximum atomic E-state index is 9.50. The van der Waals surface area contributed by atoms with Crippen LogP contribution in [0.2, 0.25) is 0 Å². The van der Waals surface area contributed by atoms with Crippen LogP contribution < -0.4 is 10.1 Å². The molecule has 3 N–H and O–H groups in total. The van der Waals surface area contributed by atoms with Gasteiger partial charge in [0.1, 0.15) is 0 Å². The van der Waals surface area contributed by atoms with E-state index in [0.29, 0.717) is 18.9 Å². The van der Waals surface area contributed by atoms with E-state index in [4.69, 9.17) is 9.84 Å². The van der Waals surface area contributed by atoms with Crippen molar-refractivity contribution >= 4 is 0 Å². The van der Waals surface area contributed by atoms with Gasteiger partial charge in [0.2, 0.25) is 0 Å². The lowest BCUT2D eigenvalue weighted by molar-refractivity contribution is 0.251. The van der Waals surface area contributed by atoms with Crippen LogP contribution in [0.4, 0.5) is 0 Å². The van der Waals surface area contributed by atoms with Gasteiger partial charge >= 0.3 is 0 Å². The van der Waals surface area contributed by atoms with E-state index in [0.717, 1.165) is 5.56 Å². The predicted molar refractivity (Wildman–Crippen MR) is 62.7 cm³/mol. The van der Waals surface area contributed by atoms with E-state index in [-0.39, 0.29) is 18.4 Å². The Hall–Kier alpha value is -1.26. The molecule has 90 valence electrons. The molecule has 0 heterocycles. The van der Waals surface area contributed by atoms with E-state index >= 15 is 0 Å². The van der Waals surface area contributed by atoms with Gasteiger partial charge < -0.3 is 20.3 Å². The zero-order chi connectivity index (χ0) is 12.0. The number of nitrogens with one attached hydrogen (secondary N) is 1. The fraction of sp³-hybridized carbons (Fsp3) is 0.500. The van der Waals surface area contributed by atoms with Gasteiger partial charge in [0.25, 0.3) is 0 Å². The second kappa shape index (κ2) is 6.35. The zero-order valence-electron chi connectivity index (χ0n) is 9.73. The number of rotatable bonds is 6. The minimum absolute atomic E-state index is 0.0596. The number of aliphatic hydroxyl groups excluding tert-OH is 1. The van der Waals surface area contributed by atoms with E-state index in [9.17, 15) is 5.11 Å². The molecule has 1 aromatic carbocycles. The van der Waals surface area contributed by atoms with Crippen molar-refractivity contribution in [2.45, 2.75) is 26.4 Å². The van der Waals surface area contributed by atoms with Crippen LogP contribution in [0.1, 0.15) is 19.4 Å². The molecule has 1 atom stereocenters. The van der Waals surface area contributed by atoms with Crippen LogP contribution in [0.25, 0.3) is 0 Å². The number of benzene rings is 1. The zero-order valence-corrected chi connectivity index (χ0v) is 9.73. The Labute approximate surface area is 95.9 Å². The summed E-state index contributed by atoms with van der Waals surface area (Å²) in [7, 11) is 0. The van der Waals surface area contributed by atoms with Gasteiger partial charge in [0, 0.05) is 12.6 Å². The van der Waals surface area contributed by atoms with Crippen molar-refractivity contribution in [2.24, 2.45) is 0 Å². The van der Waals surface area contributed by atoms with Crippen molar-refractivity contribution in [2.75, 3.05) is 13.2 Å². The predicted octanol–water partition coefficient (Wildman–Crippen LogP) is 1.26. The fourth-order valence-corrected chi connectivity index (χ4v) is 1.30. The number of aromatic hydroxyl groups is 1. The second-order valence-corrected chi connectivity index (χ2v) is 3.70. The van der Waals surface area contributed by atoms with Gasteiger partial charge in [0.15, 0.2) is 11.5 Å². The number of aliphatic hydroxyl groups is 1. The molecular weight excluding hydrogens is 206 g/mol. The molecule has 4 heteroatoms. The standard InChI is InChI=1S/C12H19NO3/c1-3-16-12-6-10(4-5-11(12)15)7-13-9(2)8-14/h4-6,9,13-15H,3,7-8H2,1-2H3/t9-/m1/s1. The smallest absolute Gasteiger partial charge is 0.161 e. The molecule has 1 rings (SSSR count). The largest absolute Gasteiger partial charge is 0.504 e. The van der Waals surface area contributed by atoms with Crippen molar-refractivity contribution < 1.29 is 14.9 Å². The summed E-state index contributed by atoms with van der Waals surface area (Å²) in [5.74, 6) is 0.652. The first-order valence-corrected chi connectivity index (χ1v) is 5.46. The van der Waals surface area contributed by atoms with E-state index in [1.807, 2.05) is 19.9 Å². The highest BCUT2D eigenvalue weighted by Gasteiger charge is 2.04. The van der Waals surface area contributed by atoms with Crippen LogP contribution >= 0.6 is 0 Å². The summed E-state index contributed by atoms with van der Waals surface area (Å²) in [5.41, 5.74) is 1.02. The van der Waals surface area contributed by atoms with Crippen LogP contribution in [0, 0.1) is 0 Å². The summed E-state index contributed by atoms with van der Waals surface area (Å²) in [6.07, 6.45) is 0. The van der Waals surface area contributed by atoms with Gasteiger partial charge in [-0.15, -0.1) is 0 Å². The van der Waals surface area contributed by atoms with Gasteiger partial charge in [-0.1, -0.05) is 6.07 Å². The minimum Gasteiger partial charge on any atom is -0.504 e. The third-order valence-electron chi connectivity index (χ3n) is 2.25. The molecule has 0 amide bonds. The Bertz CT molecular complexity index is 328. The summed E-state index contributed by atoms with van der Waals surface area (Å²) in [5, 5.41) is 21.5. The molecule has 0 unspecified atom stereocenters. The van der Waals surface area contributed by atoms with E-state index in [2.05, 4.69) is 5.32 Å². The SMILES string of the molecule is CCOc1cc(CN[C@H](C)CO)ccc1O. The molecule has 0 aliphatic rings. The molecule has 0 aliphatic heterocycles. The lowest BCUT2D eigenvalue weighted by Crippen LogP contribution is -2.28. The molecule has 0 saturated heterocycles. The molecule has 0 spiro atoms. The molecule has 1 aromatic rings. The summed E-state index contributed by atoms with van der Waals surface area (Å²) >= 11 is 0. The summed E-state index contributed by atoms with van der Waals surface area (Å²) in [6.45, 7) is 5.05. The molecule has 16 heavy (non-hydrogen) atoms. The van der Waals surface area contributed by atoms with Gasteiger partial charge in [-0.05, 0) is 31.5 Å². The molecule has 0 aliphatic carbocycles. The number of ether oxygens (including phenoxy) is 1. The molecular formula is C12H19NO3. The Morgan fingerprint density at radius 2 is 2.19 bits per heavy atom. The van der Waals surface area contributed by atoms with Crippen molar-refractivity contribution in [3.8, 4) is 11.5 Å². The lowest BCUT2D eigenvalue weighted by atomic mass is 10.2. The third-order valence-corrected chi connectivity index (χ3v) is 2.25. The molecule has 0 aromatic heterocycles. The van der Waals surface area contributed by atoms with Crippen molar-refractivity contribution in [3.05, 3.63) is 23.8 Å². The summed E-state index contributed by atoms with van der Waals surface area (Å²) in [4.78, 5) is 0. The van der Waals surface area contributed by atoms with Crippen molar-refractivity contribution in [1.82, 2.24) is 5.32 Å². The van der Waals surface area contributed by atoms with Gasteiger partial charge in [0.05, 0.1) is 13.2 Å². The fourth-order valence-electron chi connectivity index (χ4n) is 1.30. The monoisotopic (exact) mass is 225 g/mol. The van der Waals surface area contributed by atoms with E-state index in [1.54, 1.807) is 12.1 Å². The number of hydrogen-bond donors (Lipinski definition) is 3. The first-order valence-electron chi connectivity index (χ1n) is 5.46. The van der Waals surface area contributed by atoms with Crippen LogP contribution in [0.15, 0.2) is 18.2 Å². The van der Waals surface area contributed by atoms with Crippen LogP contribution in [-0.4, -0.2) is 29.5 Å². The second-order valence-electron chi connectivity index (χ2n) is 3.70. The number of hydrogen-bond acceptors (Lipinski definition) is 4. The van der Waals surface area contributed by atoms with Gasteiger partial charge in [-0.2, -0.15) is 0 Å². The van der Waals surface area contributed by atoms with Gasteiger partial charge in [-0.25, -0.2) is 0 Å². The molecule has 0 bridgehead atoms. The van der Waals surface area contributed by atoms with Crippen molar-refractivity contribution in [1.29, 1.82) is 0 Å². The van der Waals surface area contributed by atoms with Crippen LogP contribution in [0.5, 0.6) is 11.5 Å². The highest BCUT2D eigenvalue weighted by molar-refractivity contribution is 5.41. The highest BCUT2D eigenvalue weighted by Crippen LogP contribution is 2.26. The molecule has 0 fully saturated rings. The quantitative estimate of drug-likeness (QED) is 0.682. The third kappa shape index (κ3) is 3.72. The van der Waals surface area contributed by atoms with Gasteiger partial charge in [-0.3, -0.25) is 0 Å². The minimum atomic E-state index is 0.0596. The average molecular weight is 225 g/mol. The number of phenols is 1. The first-order chi connectivity index (χ1) is 7.67. The lowest BCUT2D eigenvalue weighted by Gasteiger charge is -2.12. The molecule has 0 saturated carbocycles. The summed E-state index contributed by atoms with van der Waals surface area (Å²) < 4.78 is 5.28.